The average Bonchev–Trinajstić information content (AvgIpc) is 1.65. The second kappa shape index (κ2) is 4.64. The molecule has 10 heavy (non-hydrogen) atoms. The van der Waals surface area contributed by atoms with Crippen molar-refractivity contribution in [2.45, 2.75) is 19.6 Å². The number of carbonyl (C=O) groups excluding carboxylic acids is 1. The van der Waals surface area contributed by atoms with Crippen molar-refractivity contribution >= 4 is 19.7 Å². The molecule has 0 radical (unpaired) electrons. The quantitative estimate of drug-likeness (QED) is 0.142. The molecule has 0 aromatic heterocycles. The first-order valence-corrected chi connectivity index (χ1v) is 6.13. The first-order chi connectivity index (χ1) is 4.02. The Balaban J connectivity index is 0. The van der Waals surface area contributed by atoms with Gasteiger partial charge < -0.3 is 10.3 Å². The molecule has 0 N–H and O–H groups in total. The molecule has 0 saturated carbocycles. The fourth-order valence-corrected chi connectivity index (χ4v) is 0.930. The van der Waals surface area contributed by atoms with E-state index >= 15 is 0 Å². The molecule has 0 spiro atoms. The Morgan fingerprint density at radius 2 is 1.90 bits per heavy atom. The summed E-state index contributed by atoms with van der Waals surface area (Å²) in [6.07, 6.45) is 1.60. The van der Waals surface area contributed by atoms with Crippen LogP contribution in [0, 0.1) is 0 Å². The second-order valence-electron chi connectivity index (χ2n) is 2.80. The van der Waals surface area contributed by atoms with Crippen molar-refractivity contribution in [3.05, 3.63) is 5.53 Å². The van der Waals surface area contributed by atoms with Crippen molar-refractivity contribution in [1.29, 1.82) is 0 Å². The maximum absolute atomic E-state index is 10.0. The molecule has 0 unspecified atom stereocenters. The van der Waals surface area contributed by atoms with Crippen molar-refractivity contribution in [2.75, 3.05) is 0 Å². The van der Waals surface area contributed by atoms with Gasteiger partial charge in [0.15, 0.2) is 0 Å². The molecule has 0 aromatic rings. The monoisotopic (exact) mass is 148 g/mol. The molecule has 3 nitrogen and oxygen atoms in total. The SMILES string of the molecule is C[Si](C)(C)C([C-]=O)=[N+]=[N-].[Li+]. The van der Waals surface area contributed by atoms with Gasteiger partial charge in [0, 0.05) is 0 Å². The summed E-state index contributed by atoms with van der Waals surface area (Å²) in [6, 6.07) is 0. The summed E-state index contributed by atoms with van der Waals surface area (Å²) >= 11 is 0. The predicted molar refractivity (Wildman–Crippen MR) is 37.7 cm³/mol. The van der Waals surface area contributed by atoms with Gasteiger partial charge in [0.05, 0.1) is 0 Å². The molecule has 0 fully saturated rings. The smallest absolute Gasteiger partial charge is 0.531 e. The zero-order chi connectivity index (χ0) is 7.49. The minimum absolute atomic E-state index is 0. The Morgan fingerprint density at radius 3 is 1.90 bits per heavy atom. The molecule has 0 atom stereocenters. The van der Waals surface area contributed by atoms with Gasteiger partial charge in [0.25, 0.3) is 0 Å². The third kappa shape index (κ3) is 3.81. The summed E-state index contributed by atoms with van der Waals surface area (Å²) in [7, 11) is -1.71. The first kappa shape index (κ1) is 12.5. The normalized spacial score (nSPS) is 9.10. The average molecular weight is 148 g/mol. The third-order valence-electron chi connectivity index (χ3n) is 0.907. The zero-order valence-corrected chi connectivity index (χ0v) is 7.80. The zero-order valence-electron chi connectivity index (χ0n) is 6.80. The van der Waals surface area contributed by atoms with E-state index in [0.717, 1.165) is 0 Å². The molecule has 0 aliphatic heterocycles. The summed E-state index contributed by atoms with van der Waals surface area (Å²) in [5, 5.41) is 0.183. The van der Waals surface area contributed by atoms with Gasteiger partial charge in [-0.3, -0.25) is 0 Å². The first-order valence-electron chi connectivity index (χ1n) is 2.63. The number of hydrogen-bond donors (Lipinski definition) is 0. The Labute approximate surface area is 73.6 Å². The van der Waals surface area contributed by atoms with E-state index in [1.165, 1.54) is 0 Å². The van der Waals surface area contributed by atoms with Crippen molar-refractivity contribution in [3.8, 4) is 0 Å². The molecule has 0 aromatic carbocycles. The van der Waals surface area contributed by atoms with Crippen LogP contribution in [0.2, 0.25) is 19.6 Å². The molecule has 0 rings (SSSR count). The van der Waals surface area contributed by atoms with Crippen LogP contribution in [0.5, 0.6) is 0 Å². The summed E-state index contributed by atoms with van der Waals surface area (Å²) in [4.78, 5) is 12.8. The molecule has 0 heterocycles. The van der Waals surface area contributed by atoms with Crippen LogP contribution in [0.3, 0.4) is 0 Å². The van der Waals surface area contributed by atoms with E-state index in [-0.39, 0.29) is 24.2 Å². The van der Waals surface area contributed by atoms with Crippen LogP contribution in [0.25, 0.3) is 5.53 Å². The van der Waals surface area contributed by atoms with Gasteiger partial charge >= 0.3 is 18.9 Å². The summed E-state index contributed by atoms with van der Waals surface area (Å²) < 4.78 is 0. The van der Waals surface area contributed by atoms with E-state index < -0.39 is 8.07 Å². The summed E-state index contributed by atoms with van der Waals surface area (Å²) in [5.41, 5.74) is 8.22. The molecule has 5 heteroatoms. The van der Waals surface area contributed by atoms with Gasteiger partial charge in [-0.1, -0.05) is 19.6 Å². The molecule has 0 amide bonds. The van der Waals surface area contributed by atoms with E-state index in [2.05, 4.69) is 4.79 Å². The van der Waals surface area contributed by atoms with E-state index in [1.54, 1.807) is 6.29 Å². The van der Waals surface area contributed by atoms with Crippen LogP contribution in [0.4, 0.5) is 0 Å². The second-order valence-corrected chi connectivity index (χ2v) is 7.77. The van der Waals surface area contributed by atoms with Crippen LogP contribution >= 0.6 is 0 Å². The third-order valence-corrected chi connectivity index (χ3v) is 2.53. The van der Waals surface area contributed by atoms with Crippen LogP contribution in [0.15, 0.2) is 0 Å². The largest absolute Gasteiger partial charge is 1.00 e. The number of nitrogens with zero attached hydrogens (tertiary/aromatic N) is 2. The van der Waals surface area contributed by atoms with E-state index in [0.29, 0.717) is 0 Å². The molecule has 50 valence electrons. The minimum Gasteiger partial charge on any atom is -0.531 e. The Morgan fingerprint density at radius 1 is 1.50 bits per heavy atom. The van der Waals surface area contributed by atoms with Crippen molar-refractivity contribution in [3.63, 3.8) is 0 Å². The van der Waals surface area contributed by atoms with E-state index in [1.807, 2.05) is 19.6 Å². The maximum Gasteiger partial charge on any atom is 1.00 e. The number of hydrogen-bond acceptors (Lipinski definition) is 1. The maximum atomic E-state index is 10.0. The van der Waals surface area contributed by atoms with Gasteiger partial charge in [0.2, 0.25) is 0 Å². The Kier molecular flexibility index (Phi) is 5.82. The van der Waals surface area contributed by atoms with Gasteiger partial charge in [-0.2, -0.15) is 6.29 Å². The van der Waals surface area contributed by atoms with Crippen molar-refractivity contribution < 1.29 is 28.4 Å². The minimum atomic E-state index is -1.71. The predicted octanol–water partition coefficient (Wildman–Crippen LogP) is -2.35. The molecule has 0 saturated heterocycles. The fraction of sp³-hybridized carbons (Fsp3) is 0.600. The van der Waals surface area contributed by atoms with Crippen LogP contribution in [-0.2, 0) is 4.79 Å². The van der Waals surface area contributed by atoms with Gasteiger partial charge in [0.1, 0.15) is 13.4 Å². The molecular weight excluding hydrogens is 139 g/mol. The summed E-state index contributed by atoms with van der Waals surface area (Å²) in [6.45, 7) is 5.73. The molecular formula is C5H9LiN2OSi. The van der Waals surface area contributed by atoms with Gasteiger partial charge in [-0.25, -0.2) is 4.79 Å². The van der Waals surface area contributed by atoms with Gasteiger partial charge in [-0.05, 0) is 0 Å². The fourth-order valence-electron chi connectivity index (χ4n) is 0.324. The Hall–Kier alpha value is -0.136. The van der Waals surface area contributed by atoms with Crippen LogP contribution in [-0.4, -0.2) is 24.5 Å². The Bertz CT molecular complexity index is 169. The van der Waals surface area contributed by atoms with Gasteiger partial charge in [-0.15, -0.1) is 0 Å². The van der Waals surface area contributed by atoms with Crippen LogP contribution < -0.4 is 18.9 Å². The molecule has 0 aliphatic carbocycles. The van der Waals surface area contributed by atoms with Crippen molar-refractivity contribution in [1.82, 2.24) is 0 Å². The summed E-state index contributed by atoms with van der Waals surface area (Å²) in [5.74, 6) is 0. The van der Waals surface area contributed by atoms with Crippen LogP contribution in [0.1, 0.15) is 0 Å². The van der Waals surface area contributed by atoms with Crippen molar-refractivity contribution in [2.24, 2.45) is 0 Å². The topological polar surface area (TPSA) is 53.5 Å². The molecule has 0 bridgehead atoms. The van der Waals surface area contributed by atoms with E-state index in [4.69, 9.17) is 5.53 Å². The standard InChI is InChI=1S/C5H9N2OSi.Li/c1-9(2,3)5(4-8)7-6;/h1-3H3;/q-1;+1. The molecule has 0 aliphatic rings. The van der Waals surface area contributed by atoms with E-state index in [9.17, 15) is 4.79 Å². The number of rotatable bonds is 2.